The van der Waals surface area contributed by atoms with Gasteiger partial charge in [0.25, 0.3) is 0 Å². The third-order valence-corrected chi connectivity index (χ3v) is 7.38. The molecule has 2 N–H and O–H groups in total. The maximum atomic E-state index is 12.6. The van der Waals surface area contributed by atoms with E-state index in [0.29, 0.717) is 31.4 Å². The molecule has 1 aliphatic heterocycles. The van der Waals surface area contributed by atoms with Crippen LogP contribution >= 0.6 is 0 Å². The second-order valence-electron chi connectivity index (χ2n) is 9.13. The van der Waals surface area contributed by atoms with Crippen molar-refractivity contribution < 1.29 is 19.7 Å². The van der Waals surface area contributed by atoms with E-state index in [1.54, 1.807) is 0 Å². The summed E-state index contributed by atoms with van der Waals surface area (Å²) in [5.74, 6) is -2.52. The Morgan fingerprint density at radius 2 is 1.56 bits per heavy atom. The molecule has 2 aliphatic rings. The lowest BCUT2D eigenvalue weighted by molar-refractivity contribution is -0.262. The molecule has 3 aromatic carbocycles. The third kappa shape index (κ3) is 3.30. The molecule has 164 valence electrons. The minimum absolute atomic E-state index is 0.378. The van der Waals surface area contributed by atoms with E-state index in [9.17, 15) is 15.0 Å². The van der Waals surface area contributed by atoms with Crippen LogP contribution in [0.15, 0.2) is 78.9 Å². The molecule has 1 aliphatic carbocycles. The number of benzene rings is 3. The molecule has 1 saturated carbocycles. The Kier molecular flexibility index (Phi) is 5.26. The number of hydrogen-bond donors (Lipinski definition) is 2. The topological polar surface area (TPSA) is 66.8 Å². The van der Waals surface area contributed by atoms with Crippen molar-refractivity contribution in [3.63, 3.8) is 0 Å². The fourth-order valence-corrected chi connectivity index (χ4v) is 5.69. The number of rotatable bonds is 5. The number of ether oxygens (including phenoxy) is 1. The lowest BCUT2D eigenvalue weighted by atomic mass is 9.67. The molecule has 1 heterocycles. The highest BCUT2D eigenvalue weighted by atomic mass is 16.6. The standard InChI is InChI=1S/C28H28O4/c29-26(30)27(16-8-9-17-27)28(31)23(19-22-13-5-7-15-25(22)32-28)18-21-12-4-6-14-24(21)20-10-2-1-3-11-20/h1-7,10-15,23,31H,8-9,16-19H2,(H,29,30). The summed E-state index contributed by atoms with van der Waals surface area (Å²) in [7, 11) is 0. The summed E-state index contributed by atoms with van der Waals surface area (Å²) in [6, 6.07) is 26.0. The van der Waals surface area contributed by atoms with Crippen LogP contribution < -0.4 is 4.74 Å². The minimum atomic E-state index is -1.77. The molecule has 0 amide bonds. The van der Waals surface area contributed by atoms with E-state index in [1.165, 1.54) is 0 Å². The molecular formula is C28H28O4. The highest BCUT2D eigenvalue weighted by Gasteiger charge is 2.64. The Balaban J connectivity index is 1.60. The molecule has 4 nitrogen and oxygen atoms in total. The predicted molar refractivity (Wildman–Crippen MR) is 123 cm³/mol. The Morgan fingerprint density at radius 1 is 0.906 bits per heavy atom. The van der Waals surface area contributed by atoms with Crippen LogP contribution in [0.3, 0.4) is 0 Å². The van der Waals surface area contributed by atoms with Gasteiger partial charge in [0.05, 0.1) is 0 Å². The lowest BCUT2D eigenvalue weighted by Crippen LogP contribution is -2.62. The molecule has 0 aromatic heterocycles. The Hall–Kier alpha value is -3.11. The maximum absolute atomic E-state index is 12.6. The average Bonchev–Trinajstić information content (AvgIpc) is 3.33. The molecule has 1 fully saturated rings. The molecule has 3 aromatic rings. The van der Waals surface area contributed by atoms with Gasteiger partial charge in [0, 0.05) is 5.92 Å². The van der Waals surface area contributed by atoms with E-state index in [4.69, 9.17) is 4.74 Å². The summed E-state index contributed by atoms with van der Waals surface area (Å²) in [5.41, 5.74) is 3.01. The maximum Gasteiger partial charge on any atom is 0.316 e. The molecule has 2 atom stereocenters. The van der Waals surface area contributed by atoms with Gasteiger partial charge in [0.1, 0.15) is 11.2 Å². The minimum Gasteiger partial charge on any atom is -0.481 e. The molecule has 32 heavy (non-hydrogen) atoms. The van der Waals surface area contributed by atoms with E-state index < -0.39 is 17.2 Å². The van der Waals surface area contributed by atoms with Gasteiger partial charge in [0.15, 0.2) is 0 Å². The number of carboxylic acid groups (broad SMARTS) is 1. The van der Waals surface area contributed by atoms with Crippen LogP contribution in [0.4, 0.5) is 0 Å². The van der Waals surface area contributed by atoms with Crippen molar-refractivity contribution in [3.05, 3.63) is 90.0 Å². The first kappa shape index (κ1) is 20.8. The molecule has 5 rings (SSSR count). The number of para-hydroxylation sites is 1. The summed E-state index contributed by atoms with van der Waals surface area (Å²) in [5, 5.41) is 22.4. The van der Waals surface area contributed by atoms with Gasteiger partial charge in [-0.15, -0.1) is 0 Å². The monoisotopic (exact) mass is 428 g/mol. The van der Waals surface area contributed by atoms with Gasteiger partial charge in [0.2, 0.25) is 5.79 Å². The number of carbonyl (C=O) groups is 1. The second-order valence-corrected chi connectivity index (χ2v) is 9.13. The van der Waals surface area contributed by atoms with E-state index >= 15 is 0 Å². The number of fused-ring (bicyclic) bond motifs is 1. The SMILES string of the molecule is O=C(O)C1(C2(O)Oc3ccccc3CC2Cc2ccccc2-c2ccccc2)CCCC1. The smallest absolute Gasteiger partial charge is 0.316 e. The van der Waals surface area contributed by atoms with Crippen molar-refractivity contribution in [2.24, 2.45) is 11.3 Å². The fraction of sp³-hybridized carbons (Fsp3) is 0.321. The van der Waals surface area contributed by atoms with E-state index in [1.807, 2.05) is 54.6 Å². The summed E-state index contributed by atoms with van der Waals surface area (Å²) < 4.78 is 6.27. The Bertz CT molecular complexity index is 1120. The van der Waals surface area contributed by atoms with Crippen LogP contribution in [-0.2, 0) is 17.6 Å². The van der Waals surface area contributed by atoms with Crippen molar-refractivity contribution in [1.29, 1.82) is 0 Å². The van der Waals surface area contributed by atoms with Gasteiger partial charge in [-0.3, -0.25) is 4.79 Å². The molecular weight excluding hydrogens is 400 g/mol. The van der Waals surface area contributed by atoms with E-state index in [0.717, 1.165) is 35.1 Å². The molecule has 0 bridgehead atoms. The molecule has 4 heteroatoms. The molecule has 2 unspecified atom stereocenters. The lowest BCUT2D eigenvalue weighted by Gasteiger charge is -2.49. The first-order valence-electron chi connectivity index (χ1n) is 11.4. The molecule has 0 saturated heterocycles. The summed E-state index contributed by atoms with van der Waals surface area (Å²) in [6.07, 6.45) is 3.53. The van der Waals surface area contributed by atoms with Crippen LogP contribution in [0, 0.1) is 11.3 Å². The van der Waals surface area contributed by atoms with E-state index in [2.05, 4.69) is 24.3 Å². The van der Waals surface area contributed by atoms with Gasteiger partial charge in [-0.05, 0) is 54.0 Å². The number of carboxylic acids is 1. The quantitative estimate of drug-likeness (QED) is 0.565. The Morgan fingerprint density at radius 3 is 2.31 bits per heavy atom. The van der Waals surface area contributed by atoms with Crippen LogP contribution in [-0.4, -0.2) is 22.0 Å². The van der Waals surface area contributed by atoms with Crippen LogP contribution in [0.1, 0.15) is 36.8 Å². The molecule has 0 spiro atoms. The zero-order valence-corrected chi connectivity index (χ0v) is 18.0. The number of aliphatic carboxylic acids is 1. The van der Waals surface area contributed by atoms with Gasteiger partial charge in [-0.25, -0.2) is 0 Å². The summed E-state index contributed by atoms with van der Waals surface area (Å²) in [6.45, 7) is 0. The van der Waals surface area contributed by atoms with Crippen molar-refractivity contribution in [1.82, 2.24) is 0 Å². The van der Waals surface area contributed by atoms with Crippen molar-refractivity contribution >= 4 is 5.97 Å². The van der Waals surface area contributed by atoms with Crippen molar-refractivity contribution in [3.8, 4) is 16.9 Å². The normalized spacial score (nSPS) is 23.8. The van der Waals surface area contributed by atoms with Gasteiger partial charge >= 0.3 is 5.97 Å². The van der Waals surface area contributed by atoms with Crippen LogP contribution in [0.5, 0.6) is 5.75 Å². The van der Waals surface area contributed by atoms with Crippen molar-refractivity contribution in [2.75, 3.05) is 0 Å². The first-order chi connectivity index (χ1) is 15.5. The average molecular weight is 429 g/mol. The fourth-order valence-electron chi connectivity index (χ4n) is 5.69. The molecule has 0 radical (unpaired) electrons. The second kappa shape index (κ2) is 8.10. The van der Waals surface area contributed by atoms with Gasteiger partial charge < -0.3 is 14.9 Å². The highest BCUT2D eigenvalue weighted by molar-refractivity contribution is 5.77. The largest absolute Gasteiger partial charge is 0.481 e. The zero-order valence-electron chi connectivity index (χ0n) is 18.0. The van der Waals surface area contributed by atoms with Crippen molar-refractivity contribution in [2.45, 2.75) is 44.3 Å². The van der Waals surface area contributed by atoms with Gasteiger partial charge in [-0.1, -0.05) is 85.6 Å². The highest BCUT2D eigenvalue weighted by Crippen LogP contribution is 2.54. The number of hydrogen-bond acceptors (Lipinski definition) is 3. The zero-order chi connectivity index (χ0) is 22.2. The van der Waals surface area contributed by atoms with E-state index in [-0.39, 0.29) is 5.92 Å². The Labute approximate surface area is 188 Å². The van der Waals surface area contributed by atoms with Crippen LogP contribution in [0.2, 0.25) is 0 Å². The van der Waals surface area contributed by atoms with Gasteiger partial charge in [-0.2, -0.15) is 0 Å². The summed E-state index contributed by atoms with van der Waals surface area (Å²) in [4.78, 5) is 12.6. The predicted octanol–water partition coefficient (Wildman–Crippen LogP) is 5.48. The summed E-state index contributed by atoms with van der Waals surface area (Å²) >= 11 is 0. The number of aliphatic hydroxyl groups is 1. The third-order valence-electron chi connectivity index (χ3n) is 7.38. The first-order valence-corrected chi connectivity index (χ1v) is 11.4. The van der Waals surface area contributed by atoms with Crippen LogP contribution in [0.25, 0.3) is 11.1 Å².